The molecule has 0 saturated heterocycles. The summed E-state index contributed by atoms with van der Waals surface area (Å²) >= 11 is 0. The zero-order valence-corrected chi connectivity index (χ0v) is 17.4. The summed E-state index contributed by atoms with van der Waals surface area (Å²) in [5, 5.41) is 0. The highest BCUT2D eigenvalue weighted by molar-refractivity contribution is 8.08. The van der Waals surface area contributed by atoms with Crippen LogP contribution in [0.25, 0.3) is 0 Å². The van der Waals surface area contributed by atoms with Crippen LogP contribution in [0.3, 0.4) is 0 Å². The first-order chi connectivity index (χ1) is 10.8. The Bertz CT molecular complexity index is 657. The number of allylic oxidation sites excluding steroid dienone is 6. The average Bonchev–Trinajstić information content (AvgIpc) is 2.34. The van der Waals surface area contributed by atoms with E-state index >= 15 is 0 Å². The Balaban J connectivity index is 4.59. The second-order valence-electron chi connectivity index (χ2n) is 6.78. The van der Waals surface area contributed by atoms with E-state index in [0.717, 1.165) is 43.8 Å². The highest BCUT2D eigenvalue weighted by Gasteiger charge is 2.29. The van der Waals surface area contributed by atoms with E-state index in [-0.39, 0.29) is 6.42 Å². The fourth-order valence-corrected chi connectivity index (χ4v) is 5.74. The fraction of sp³-hybridized carbons (Fsp3) is 0.667. The minimum absolute atomic E-state index is 0.0206. The van der Waals surface area contributed by atoms with Crippen molar-refractivity contribution in [3.63, 3.8) is 0 Å². The third-order valence-corrected chi connectivity index (χ3v) is 8.13. The van der Waals surface area contributed by atoms with E-state index in [4.69, 9.17) is 0 Å². The molecule has 0 rings (SSSR count). The Hall–Kier alpha value is -0.880. The molecule has 0 spiro atoms. The molecule has 0 atom stereocenters. The van der Waals surface area contributed by atoms with Crippen LogP contribution in [0, 0.1) is 0 Å². The summed E-state index contributed by atoms with van der Waals surface area (Å²) < 4.78 is 45.1. The fourth-order valence-electron chi connectivity index (χ4n) is 2.30. The lowest BCUT2D eigenvalue weighted by molar-refractivity contribution is 0.581. The van der Waals surface area contributed by atoms with Crippen LogP contribution in [0.4, 0.5) is 0 Å². The van der Waals surface area contributed by atoms with Gasteiger partial charge in [0.1, 0.15) is 0 Å². The summed E-state index contributed by atoms with van der Waals surface area (Å²) in [5.41, 5.74) is 3.68. The van der Waals surface area contributed by atoms with Crippen LogP contribution in [-0.2, 0) is 19.7 Å². The highest BCUT2D eigenvalue weighted by atomic mass is 32.3. The average molecular weight is 377 g/mol. The van der Waals surface area contributed by atoms with Gasteiger partial charge in [0.2, 0.25) is 0 Å². The molecule has 140 valence electrons. The molecule has 24 heavy (non-hydrogen) atoms. The maximum absolute atomic E-state index is 11.6. The molecule has 0 aromatic heterocycles. The van der Waals surface area contributed by atoms with Crippen molar-refractivity contribution in [2.24, 2.45) is 0 Å². The molecule has 0 radical (unpaired) electrons. The molecule has 0 aliphatic carbocycles. The largest absolute Gasteiger partial charge is 0.228 e. The lowest BCUT2D eigenvalue weighted by Gasteiger charge is -2.11. The lowest BCUT2D eigenvalue weighted by Crippen LogP contribution is -2.28. The maximum atomic E-state index is 11.6. The molecular formula is C18H32O4S2. The van der Waals surface area contributed by atoms with Gasteiger partial charge in [-0.05, 0) is 59.8 Å². The summed E-state index contributed by atoms with van der Waals surface area (Å²) in [6, 6.07) is 0. The van der Waals surface area contributed by atoms with Gasteiger partial charge in [0, 0.05) is 12.5 Å². The van der Waals surface area contributed by atoms with Gasteiger partial charge in [-0.1, -0.05) is 34.9 Å². The SMILES string of the molecule is CC(C)=CCC/C(C)=C/CC/C(C)=C/CC(S(C)(=O)=O)S(C)(=O)=O. The van der Waals surface area contributed by atoms with E-state index in [9.17, 15) is 16.8 Å². The minimum Gasteiger partial charge on any atom is -0.228 e. The summed E-state index contributed by atoms with van der Waals surface area (Å²) in [5.74, 6) is 0. The van der Waals surface area contributed by atoms with Crippen LogP contribution in [0.1, 0.15) is 59.8 Å². The Morgan fingerprint density at radius 3 is 1.58 bits per heavy atom. The molecule has 6 heteroatoms. The molecule has 0 fully saturated rings. The summed E-state index contributed by atoms with van der Waals surface area (Å²) in [4.78, 5) is 0. The van der Waals surface area contributed by atoms with E-state index in [0.29, 0.717) is 0 Å². The van der Waals surface area contributed by atoms with Crippen LogP contribution in [-0.4, -0.2) is 33.9 Å². The predicted octanol–water partition coefficient (Wildman–Crippen LogP) is 4.21. The predicted molar refractivity (Wildman–Crippen MR) is 104 cm³/mol. The van der Waals surface area contributed by atoms with Gasteiger partial charge in [0.05, 0.1) is 0 Å². The topological polar surface area (TPSA) is 68.3 Å². The summed E-state index contributed by atoms with van der Waals surface area (Å²) in [6.45, 7) is 8.20. The van der Waals surface area contributed by atoms with Gasteiger partial charge in [-0.25, -0.2) is 16.8 Å². The third-order valence-electron chi connectivity index (χ3n) is 3.74. The molecule has 0 aliphatic rings. The quantitative estimate of drug-likeness (QED) is 0.536. The number of rotatable bonds is 10. The minimum atomic E-state index is -3.62. The smallest absolute Gasteiger partial charge is 0.165 e. The Kier molecular flexibility index (Phi) is 9.81. The van der Waals surface area contributed by atoms with Crippen LogP contribution >= 0.6 is 0 Å². The second kappa shape index (κ2) is 10.2. The van der Waals surface area contributed by atoms with Crippen molar-refractivity contribution < 1.29 is 16.8 Å². The van der Waals surface area contributed by atoms with Crippen LogP contribution in [0.15, 0.2) is 34.9 Å². The molecule has 0 bridgehead atoms. The van der Waals surface area contributed by atoms with Gasteiger partial charge in [0.25, 0.3) is 0 Å². The zero-order chi connectivity index (χ0) is 19.0. The van der Waals surface area contributed by atoms with Gasteiger partial charge < -0.3 is 0 Å². The van der Waals surface area contributed by atoms with Crippen molar-refractivity contribution in [1.29, 1.82) is 0 Å². The normalized spacial score (nSPS) is 14.1. The summed E-state index contributed by atoms with van der Waals surface area (Å²) in [7, 11) is -7.24. The number of hydrogen-bond acceptors (Lipinski definition) is 4. The van der Waals surface area contributed by atoms with Crippen LogP contribution in [0.5, 0.6) is 0 Å². The molecule has 0 unspecified atom stereocenters. The van der Waals surface area contributed by atoms with Gasteiger partial charge >= 0.3 is 0 Å². The van der Waals surface area contributed by atoms with Crippen LogP contribution < -0.4 is 0 Å². The molecule has 0 saturated carbocycles. The van der Waals surface area contributed by atoms with Gasteiger partial charge in [0.15, 0.2) is 24.3 Å². The van der Waals surface area contributed by atoms with Gasteiger partial charge in [-0.2, -0.15) is 0 Å². The molecule has 0 heterocycles. The van der Waals surface area contributed by atoms with Crippen molar-refractivity contribution in [2.45, 2.75) is 64.4 Å². The Labute approximate surface area is 148 Å². The Morgan fingerprint density at radius 2 is 1.17 bits per heavy atom. The lowest BCUT2D eigenvalue weighted by atomic mass is 10.1. The van der Waals surface area contributed by atoms with E-state index < -0.39 is 24.3 Å². The maximum Gasteiger partial charge on any atom is 0.165 e. The number of sulfone groups is 2. The van der Waals surface area contributed by atoms with E-state index in [1.807, 2.05) is 6.92 Å². The molecule has 0 aromatic carbocycles. The van der Waals surface area contributed by atoms with Crippen molar-refractivity contribution >= 4 is 19.7 Å². The van der Waals surface area contributed by atoms with E-state index in [1.165, 1.54) is 11.1 Å². The van der Waals surface area contributed by atoms with Crippen molar-refractivity contribution in [3.8, 4) is 0 Å². The standard InChI is InChI=1S/C18H32O4S2/c1-15(2)9-7-10-16(3)11-8-12-17(4)13-14-18(23(5,19)20)24(6,21)22/h9,11,13,18H,7-8,10,12,14H2,1-6H3/b16-11+,17-13+. The summed E-state index contributed by atoms with van der Waals surface area (Å²) in [6.07, 6.45) is 11.9. The van der Waals surface area contributed by atoms with Crippen molar-refractivity contribution in [1.82, 2.24) is 0 Å². The van der Waals surface area contributed by atoms with E-state index in [1.54, 1.807) is 6.08 Å². The first-order valence-electron chi connectivity index (χ1n) is 8.16. The number of hydrogen-bond donors (Lipinski definition) is 0. The molecular weight excluding hydrogens is 344 g/mol. The first-order valence-corrected chi connectivity index (χ1v) is 12.1. The highest BCUT2D eigenvalue weighted by Crippen LogP contribution is 2.16. The van der Waals surface area contributed by atoms with Crippen molar-refractivity contribution in [3.05, 3.63) is 34.9 Å². The third kappa shape index (κ3) is 10.8. The van der Waals surface area contributed by atoms with E-state index in [2.05, 4.69) is 32.9 Å². The molecule has 0 aromatic rings. The molecule has 4 nitrogen and oxygen atoms in total. The molecule has 0 aliphatic heterocycles. The second-order valence-corrected chi connectivity index (χ2v) is 11.5. The van der Waals surface area contributed by atoms with Gasteiger partial charge in [-0.15, -0.1) is 0 Å². The zero-order valence-electron chi connectivity index (χ0n) is 15.8. The van der Waals surface area contributed by atoms with Crippen LogP contribution in [0.2, 0.25) is 0 Å². The monoisotopic (exact) mass is 376 g/mol. The van der Waals surface area contributed by atoms with Gasteiger partial charge in [-0.3, -0.25) is 0 Å². The molecule has 0 N–H and O–H groups in total. The Morgan fingerprint density at radius 1 is 0.750 bits per heavy atom. The first kappa shape index (κ1) is 23.1. The molecule has 0 amide bonds. The van der Waals surface area contributed by atoms with Crippen molar-refractivity contribution in [2.75, 3.05) is 12.5 Å².